The Morgan fingerprint density at radius 3 is 2.87 bits per heavy atom. The molecule has 4 heteroatoms. The van der Waals surface area contributed by atoms with Crippen molar-refractivity contribution < 1.29 is 4.74 Å². The lowest BCUT2D eigenvalue weighted by molar-refractivity contribution is 0.282. The average Bonchev–Trinajstić information content (AvgIpc) is 2.61. The third-order valence-corrected chi connectivity index (χ3v) is 3.07. The first-order valence-corrected chi connectivity index (χ1v) is 5.59. The van der Waals surface area contributed by atoms with Crippen LogP contribution in [-0.2, 0) is 6.61 Å². The maximum Gasteiger partial charge on any atom is 0.316 e. The summed E-state index contributed by atoms with van der Waals surface area (Å²) in [6.45, 7) is 4.55. The van der Waals surface area contributed by atoms with Gasteiger partial charge in [-0.2, -0.15) is 0 Å². The lowest BCUT2D eigenvalue weighted by atomic mass is 10.3. The van der Waals surface area contributed by atoms with Crippen molar-refractivity contribution >= 4 is 11.3 Å². The fourth-order valence-electron chi connectivity index (χ4n) is 1.18. The highest BCUT2D eigenvalue weighted by molar-refractivity contribution is 7.10. The zero-order valence-corrected chi connectivity index (χ0v) is 9.54. The summed E-state index contributed by atoms with van der Waals surface area (Å²) in [6.07, 6.45) is 1.71. The average molecular weight is 220 g/mol. The van der Waals surface area contributed by atoms with Crippen LogP contribution in [0.5, 0.6) is 6.01 Å². The molecule has 2 aromatic heterocycles. The molecule has 0 spiro atoms. The summed E-state index contributed by atoms with van der Waals surface area (Å²) in [4.78, 5) is 9.44. The Hall–Kier alpha value is -1.42. The number of hydrogen-bond donors (Lipinski definition) is 0. The monoisotopic (exact) mass is 220 g/mol. The standard InChI is InChI=1S/C11H12N2OS/c1-8-4-6-15-10(8)7-14-11-12-5-3-9(2)13-11/h3-6H,7H2,1-2H3. The van der Waals surface area contributed by atoms with Crippen molar-refractivity contribution in [3.8, 4) is 6.01 Å². The minimum Gasteiger partial charge on any atom is -0.458 e. The smallest absolute Gasteiger partial charge is 0.316 e. The van der Waals surface area contributed by atoms with Crippen molar-refractivity contribution in [1.82, 2.24) is 9.97 Å². The van der Waals surface area contributed by atoms with Crippen LogP contribution in [0.25, 0.3) is 0 Å². The van der Waals surface area contributed by atoms with Crippen molar-refractivity contribution in [3.63, 3.8) is 0 Å². The highest BCUT2D eigenvalue weighted by Crippen LogP contribution is 2.17. The molecule has 15 heavy (non-hydrogen) atoms. The maximum atomic E-state index is 5.50. The van der Waals surface area contributed by atoms with Gasteiger partial charge in [0.2, 0.25) is 0 Å². The minimum absolute atomic E-state index is 0.447. The maximum absolute atomic E-state index is 5.50. The summed E-state index contributed by atoms with van der Waals surface area (Å²) in [5.74, 6) is 0. The number of nitrogens with zero attached hydrogens (tertiary/aromatic N) is 2. The van der Waals surface area contributed by atoms with Crippen molar-refractivity contribution in [2.45, 2.75) is 20.5 Å². The van der Waals surface area contributed by atoms with E-state index in [9.17, 15) is 0 Å². The van der Waals surface area contributed by atoms with E-state index in [1.54, 1.807) is 17.5 Å². The molecule has 3 nitrogen and oxygen atoms in total. The molecule has 0 unspecified atom stereocenters. The molecule has 0 aliphatic carbocycles. The highest BCUT2D eigenvalue weighted by Gasteiger charge is 2.02. The van der Waals surface area contributed by atoms with Crippen LogP contribution in [0.1, 0.15) is 16.1 Å². The number of thiophene rings is 1. The molecule has 0 atom stereocenters. The molecule has 0 saturated heterocycles. The fourth-order valence-corrected chi connectivity index (χ4v) is 1.99. The van der Waals surface area contributed by atoms with Crippen LogP contribution in [0.4, 0.5) is 0 Å². The SMILES string of the molecule is Cc1ccnc(OCc2sccc2C)n1. The van der Waals surface area contributed by atoms with E-state index >= 15 is 0 Å². The minimum atomic E-state index is 0.447. The first-order chi connectivity index (χ1) is 7.25. The molecule has 2 heterocycles. The van der Waals surface area contributed by atoms with Crippen molar-refractivity contribution in [1.29, 1.82) is 0 Å². The fraction of sp³-hybridized carbons (Fsp3) is 0.273. The molecule has 0 radical (unpaired) electrons. The second-order valence-electron chi connectivity index (χ2n) is 3.30. The zero-order chi connectivity index (χ0) is 10.7. The Morgan fingerprint density at radius 1 is 1.33 bits per heavy atom. The van der Waals surface area contributed by atoms with Crippen LogP contribution in [0.3, 0.4) is 0 Å². The van der Waals surface area contributed by atoms with Gasteiger partial charge in [-0.15, -0.1) is 11.3 Å². The van der Waals surface area contributed by atoms with E-state index in [0.29, 0.717) is 12.6 Å². The summed E-state index contributed by atoms with van der Waals surface area (Å²) in [5, 5.41) is 2.06. The van der Waals surface area contributed by atoms with E-state index < -0.39 is 0 Å². The second-order valence-corrected chi connectivity index (χ2v) is 4.30. The molecule has 2 rings (SSSR count). The van der Waals surface area contributed by atoms with E-state index in [1.165, 1.54) is 10.4 Å². The third kappa shape index (κ3) is 2.53. The van der Waals surface area contributed by atoms with Crippen LogP contribution in [0, 0.1) is 13.8 Å². The van der Waals surface area contributed by atoms with E-state index in [0.717, 1.165) is 5.69 Å². The molecule has 0 aliphatic rings. The van der Waals surface area contributed by atoms with Crippen molar-refractivity contribution in [2.75, 3.05) is 0 Å². The number of hydrogen-bond acceptors (Lipinski definition) is 4. The third-order valence-electron chi connectivity index (χ3n) is 2.07. The number of rotatable bonds is 3. The summed E-state index contributed by atoms with van der Waals surface area (Å²) < 4.78 is 5.50. The van der Waals surface area contributed by atoms with Gasteiger partial charge in [-0.25, -0.2) is 9.97 Å². The second kappa shape index (κ2) is 4.40. The molecule has 2 aromatic rings. The Bertz CT molecular complexity index is 453. The molecule has 0 amide bonds. The van der Waals surface area contributed by atoms with Crippen LogP contribution < -0.4 is 4.74 Å². The zero-order valence-electron chi connectivity index (χ0n) is 8.73. The van der Waals surface area contributed by atoms with Gasteiger partial charge in [-0.1, -0.05) is 0 Å². The molecule has 0 saturated carbocycles. The molecule has 0 aliphatic heterocycles. The van der Waals surface area contributed by atoms with Gasteiger partial charge in [0, 0.05) is 16.8 Å². The number of ether oxygens (including phenoxy) is 1. The summed E-state index contributed by atoms with van der Waals surface area (Å²) >= 11 is 1.69. The van der Waals surface area contributed by atoms with Gasteiger partial charge in [0.15, 0.2) is 0 Å². The Kier molecular flexibility index (Phi) is 2.97. The first kappa shape index (κ1) is 10.1. The van der Waals surface area contributed by atoms with Gasteiger partial charge < -0.3 is 4.74 Å². The van der Waals surface area contributed by atoms with Gasteiger partial charge in [-0.3, -0.25) is 0 Å². The van der Waals surface area contributed by atoms with Gasteiger partial charge in [0.1, 0.15) is 6.61 Å². The van der Waals surface area contributed by atoms with E-state index in [1.807, 2.05) is 13.0 Å². The normalized spacial score (nSPS) is 10.3. The van der Waals surface area contributed by atoms with Crippen molar-refractivity contribution in [2.24, 2.45) is 0 Å². The molecular weight excluding hydrogens is 208 g/mol. The number of aromatic nitrogens is 2. The van der Waals surface area contributed by atoms with Gasteiger partial charge in [0.05, 0.1) is 0 Å². The molecule has 0 fully saturated rings. The molecule has 0 N–H and O–H groups in total. The van der Waals surface area contributed by atoms with Crippen LogP contribution in [0.15, 0.2) is 23.7 Å². The molecule has 0 bridgehead atoms. The van der Waals surface area contributed by atoms with E-state index in [4.69, 9.17) is 4.74 Å². The number of aryl methyl sites for hydroxylation is 2. The van der Waals surface area contributed by atoms with E-state index in [-0.39, 0.29) is 0 Å². The lowest BCUT2D eigenvalue weighted by Crippen LogP contribution is -1.99. The van der Waals surface area contributed by atoms with Crippen LogP contribution in [0.2, 0.25) is 0 Å². The van der Waals surface area contributed by atoms with Gasteiger partial charge in [-0.05, 0) is 36.9 Å². The molecule has 0 aromatic carbocycles. The quantitative estimate of drug-likeness (QED) is 0.797. The summed E-state index contributed by atoms with van der Waals surface area (Å²) in [7, 11) is 0. The van der Waals surface area contributed by atoms with Crippen LogP contribution >= 0.6 is 11.3 Å². The summed E-state index contributed by atoms with van der Waals surface area (Å²) in [6, 6.07) is 4.38. The van der Waals surface area contributed by atoms with E-state index in [2.05, 4.69) is 28.3 Å². The highest BCUT2D eigenvalue weighted by atomic mass is 32.1. The Morgan fingerprint density at radius 2 is 2.20 bits per heavy atom. The lowest BCUT2D eigenvalue weighted by Gasteiger charge is -2.03. The predicted molar refractivity (Wildman–Crippen MR) is 60.2 cm³/mol. The topological polar surface area (TPSA) is 35.0 Å². The van der Waals surface area contributed by atoms with Crippen LogP contribution in [-0.4, -0.2) is 9.97 Å². The Balaban J connectivity index is 2.02. The van der Waals surface area contributed by atoms with Crippen molar-refractivity contribution in [3.05, 3.63) is 39.8 Å². The van der Waals surface area contributed by atoms with Gasteiger partial charge in [0.25, 0.3) is 0 Å². The predicted octanol–water partition coefficient (Wildman–Crippen LogP) is 2.73. The molecule has 78 valence electrons. The first-order valence-electron chi connectivity index (χ1n) is 4.71. The van der Waals surface area contributed by atoms with Gasteiger partial charge >= 0.3 is 6.01 Å². The Labute approximate surface area is 92.8 Å². The largest absolute Gasteiger partial charge is 0.458 e. The molecular formula is C11H12N2OS. The summed E-state index contributed by atoms with van der Waals surface area (Å²) in [5.41, 5.74) is 2.18.